The summed E-state index contributed by atoms with van der Waals surface area (Å²) in [4.78, 5) is 28.1. The Bertz CT molecular complexity index is 688. The highest BCUT2D eigenvalue weighted by atomic mass is 16.4. The van der Waals surface area contributed by atoms with Gasteiger partial charge >= 0.3 is 5.97 Å². The summed E-state index contributed by atoms with van der Waals surface area (Å²) in [7, 11) is 0. The standard InChI is InChI=1S/C14H16N4O3/c19-12(10-9-16-18-8-4-7-15-11(10)18)17-14(13(20)21)5-2-1-3-6-14/h4,7-9H,1-3,5-6H2,(H,17,19)(H,20,21). The molecule has 0 aromatic carbocycles. The molecule has 2 aromatic heterocycles. The van der Waals surface area contributed by atoms with Crippen LogP contribution < -0.4 is 5.32 Å². The molecule has 1 saturated carbocycles. The second kappa shape index (κ2) is 5.16. The molecule has 0 unspecified atom stereocenters. The van der Waals surface area contributed by atoms with Crippen LogP contribution in [0.2, 0.25) is 0 Å². The van der Waals surface area contributed by atoms with Crippen LogP contribution in [0.3, 0.4) is 0 Å². The molecule has 2 N–H and O–H groups in total. The van der Waals surface area contributed by atoms with E-state index in [-0.39, 0.29) is 0 Å². The molecular weight excluding hydrogens is 272 g/mol. The predicted octanol–water partition coefficient (Wildman–Crippen LogP) is 1.25. The van der Waals surface area contributed by atoms with Crippen molar-refractivity contribution in [2.45, 2.75) is 37.6 Å². The first-order chi connectivity index (χ1) is 10.1. The second-order valence-electron chi connectivity index (χ2n) is 5.35. The molecule has 1 amide bonds. The number of nitrogens with one attached hydrogen (secondary N) is 1. The molecule has 2 heterocycles. The number of hydrogen-bond acceptors (Lipinski definition) is 4. The fourth-order valence-corrected chi connectivity index (χ4v) is 2.82. The van der Waals surface area contributed by atoms with Gasteiger partial charge in [-0.25, -0.2) is 14.3 Å². The lowest BCUT2D eigenvalue weighted by atomic mass is 9.81. The lowest BCUT2D eigenvalue weighted by molar-refractivity contribution is -0.145. The van der Waals surface area contributed by atoms with Crippen molar-refractivity contribution < 1.29 is 14.7 Å². The SMILES string of the molecule is O=C(NC1(C(=O)O)CCCCC1)c1cnn2cccnc12. The second-order valence-corrected chi connectivity index (χ2v) is 5.35. The molecule has 7 nitrogen and oxygen atoms in total. The normalized spacial score (nSPS) is 17.5. The topological polar surface area (TPSA) is 96.6 Å². The summed E-state index contributed by atoms with van der Waals surface area (Å²) in [6, 6.07) is 1.71. The number of carbonyl (C=O) groups is 2. The Morgan fingerprint density at radius 3 is 2.76 bits per heavy atom. The van der Waals surface area contributed by atoms with Crippen LogP contribution in [-0.4, -0.2) is 37.1 Å². The van der Waals surface area contributed by atoms with Crippen LogP contribution in [-0.2, 0) is 4.79 Å². The van der Waals surface area contributed by atoms with Crippen molar-refractivity contribution in [1.82, 2.24) is 19.9 Å². The van der Waals surface area contributed by atoms with E-state index in [9.17, 15) is 14.7 Å². The molecule has 2 aromatic rings. The van der Waals surface area contributed by atoms with Crippen molar-refractivity contribution in [3.8, 4) is 0 Å². The van der Waals surface area contributed by atoms with Gasteiger partial charge in [0.05, 0.1) is 6.20 Å². The van der Waals surface area contributed by atoms with Gasteiger partial charge in [0.2, 0.25) is 0 Å². The van der Waals surface area contributed by atoms with E-state index >= 15 is 0 Å². The van der Waals surface area contributed by atoms with Crippen LogP contribution in [0.25, 0.3) is 5.65 Å². The minimum Gasteiger partial charge on any atom is -0.480 e. The number of aromatic nitrogens is 3. The molecule has 0 spiro atoms. The third-order valence-electron chi connectivity index (χ3n) is 3.99. The van der Waals surface area contributed by atoms with Crippen LogP contribution in [0.4, 0.5) is 0 Å². The van der Waals surface area contributed by atoms with Crippen molar-refractivity contribution in [3.63, 3.8) is 0 Å². The summed E-state index contributed by atoms with van der Waals surface area (Å²) in [5.41, 5.74) is -0.452. The molecule has 0 radical (unpaired) electrons. The zero-order valence-corrected chi connectivity index (χ0v) is 11.5. The summed E-state index contributed by atoms with van der Waals surface area (Å²) >= 11 is 0. The van der Waals surface area contributed by atoms with Crippen LogP contribution in [0.1, 0.15) is 42.5 Å². The minimum atomic E-state index is -1.17. The molecule has 7 heteroatoms. The number of carbonyl (C=O) groups excluding carboxylic acids is 1. The smallest absolute Gasteiger partial charge is 0.329 e. The van der Waals surface area contributed by atoms with Gasteiger partial charge in [-0.1, -0.05) is 19.3 Å². The van der Waals surface area contributed by atoms with Gasteiger partial charge in [-0.05, 0) is 18.9 Å². The first-order valence-corrected chi connectivity index (χ1v) is 6.97. The average molecular weight is 288 g/mol. The van der Waals surface area contributed by atoms with Gasteiger partial charge in [0, 0.05) is 12.4 Å². The van der Waals surface area contributed by atoms with E-state index in [4.69, 9.17) is 0 Å². The van der Waals surface area contributed by atoms with Crippen molar-refractivity contribution >= 4 is 17.5 Å². The van der Waals surface area contributed by atoms with Gasteiger partial charge in [0.15, 0.2) is 5.65 Å². The van der Waals surface area contributed by atoms with Gasteiger partial charge in [-0.3, -0.25) is 4.79 Å². The maximum atomic E-state index is 12.4. The third kappa shape index (κ3) is 2.35. The fraction of sp³-hybridized carbons (Fsp3) is 0.429. The highest BCUT2D eigenvalue weighted by molar-refractivity contribution is 6.02. The fourth-order valence-electron chi connectivity index (χ4n) is 2.82. The van der Waals surface area contributed by atoms with Crippen LogP contribution in [0.15, 0.2) is 24.7 Å². The Kier molecular flexibility index (Phi) is 3.32. The molecule has 21 heavy (non-hydrogen) atoms. The summed E-state index contributed by atoms with van der Waals surface area (Å²) in [5.74, 6) is -1.41. The number of carboxylic acids is 1. The number of rotatable bonds is 3. The maximum Gasteiger partial charge on any atom is 0.329 e. The van der Waals surface area contributed by atoms with E-state index in [1.54, 1.807) is 18.5 Å². The molecule has 110 valence electrons. The zero-order chi connectivity index (χ0) is 14.9. The molecule has 1 fully saturated rings. The molecule has 0 atom stereocenters. The Hall–Kier alpha value is -2.44. The zero-order valence-electron chi connectivity index (χ0n) is 11.5. The van der Waals surface area contributed by atoms with Gasteiger partial charge in [-0.15, -0.1) is 0 Å². The van der Waals surface area contributed by atoms with Crippen LogP contribution >= 0.6 is 0 Å². The van der Waals surface area contributed by atoms with Crippen LogP contribution in [0.5, 0.6) is 0 Å². The number of carboxylic acid groups (broad SMARTS) is 1. The van der Waals surface area contributed by atoms with Crippen molar-refractivity contribution in [1.29, 1.82) is 0 Å². The van der Waals surface area contributed by atoms with E-state index in [0.717, 1.165) is 19.3 Å². The summed E-state index contributed by atoms with van der Waals surface area (Å²) in [5, 5.41) is 16.2. The third-order valence-corrected chi connectivity index (χ3v) is 3.99. The van der Waals surface area contributed by atoms with Crippen molar-refractivity contribution in [2.24, 2.45) is 0 Å². The summed E-state index contributed by atoms with van der Waals surface area (Å²) in [6.45, 7) is 0. The molecule has 1 aliphatic carbocycles. The Morgan fingerprint density at radius 1 is 1.29 bits per heavy atom. The number of hydrogen-bond donors (Lipinski definition) is 2. The molecule has 1 aliphatic rings. The van der Waals surface area contributed by atoms with Crippen molar-refractivity contribution in [3.05, 3.63) is 30.2 Å². The quantitative estimate of drug-likeness (QED) is 0.886. The maximum absolute atomic E-state index is 12.4. The first-order valence-electron chi connectivity index (χ1n) is 6.97. The van der Waals surface area contributed by atoms with Gasteiger partial charge in [0.25, 0.3) is 5.91 Å². The number of fused-ring (bicyclic) bond motifs is 1. The number of amides is 1. The molecule has 0 bridgehead atoms. The van der Waals surface area contributed by atoms with E-state index in [0.29, 0.717) is 24.1 Å². The predicted molar refractivity (Wildman–Crippen MR) is 73.9 cm³/mol. The Labute approximate surface area is 121 Å². The average Bonchev–Trinajstić information content (AvgIpc) is 2.92. The minimum absolute atomic E-state index is 0.293. The summed E-state index contributed by atoms with van der Waals surface area (Å²) in [6.07, 6.45) is 8.20. The number of nitrogens with zero attached hydrogens (tertiary/aromatic N) is 3. The van der Waals surface area contributed by atoms with E-state index in [2.05, 4.69) is 15.4 Å². The highest BCUT2D eigenvalue weighted by Crippen LogP contribution is 2.29. The van der Waals surface area contributed by atoms with Gasteiger partial charge in [0.1, 0.15) is 11.1 Å². The van der Waals surface area contributed by atoms with Crippen molar-refractivity contribution in [2.75, 3.05) is 0 Å². The Morgan fingerprint density at radius 2 is 2.05 bits per heavy atom. The van der Waals surface area contributed by atoms with Gasteiger partial charge < -0.3 is 10.4 Å². The highest BCUT2D eigenvalue weighted by Gasteiger charge is 2.41. The lowest BCUT2D eigenvalue weighted by Gasteiger charge is -2.33. The first kappa shape index (κ1) is 13.5. The molecule has 0 aliphatic heterocycles. The van der Waals surface area contributed by atoms with E-state index in [1.807, 2.05) is 0 Å². The largest absolute Gasteiger partial charge is 0.480 e. The molecule has 0 saturated heterocycles. The van der Waals surface area contributed by atoms with E-state index in [1.165, 1.54) is 10.7 Å². The number of aliphatic carboxylic acids is 1. The lowest BCUT2D eigenvalue weighted by Crippen LogP contribution is -2.55. The molecular formula is C14H16N4O3. The van der Waals surface area contributed by atoms with Crippen LogP contribution in [0, 0.1) is 0 Å². The monoisotopic (exact) mass is 288 g/mol. The summed E-state index contributed by atoms with van der Waals surface area (Å²) < 4.78 is 1.49. The van der Waals surface area contributed by atoms with E-state index < -0.39 is 17.4 Å². The van der Waals surface area contributed by atoms with Gasteiger partial charge in [-0.2, -0.15) is 5.10 Å². The Balaban J connectivity index is 1.89. The molecule has 3 rings (SSSR count).